The molecule has 1 aromatic heterocycles. The van der Waals surface area contributed by atoms with Crippen molar-refractivity contribution in [3.05, 3.63) is 34.7 Å². The molecule has 0 aliphatic carbocycles. The second-order valence-corrected chi connectivity index (χ2v) is 4.54. The lowest BCUT2D eigenvalue weighted by atomic mass is 9.96. The first-order valence-corrected chi connectivity index (χ1v) is 5.94. The summed E-state index contributed by atoms with van der Waals surface area (Å²) in [7, 11) is 0. The zero-order chi connectivity index (χ0) is 12.1. The third-order valence-corrected chi connectivity index (χ3v) is 2.94. The zero-order valence-electron chi connectivity index (χ0n) is 11.0. The summed E-state index contributed by atoms with van der Waals surface area (Å²) < 4.78 is 0. The van der Waals surface area contributed by atoms with Crippen LogP contribution >= 0.6 is 0 Å². The molecule has 0 atom stereocenters. The Hall–Kier alpha value is -1.31. The van der Waals surface area contributed by atoms with Gasteiger partial charge in [0.25, 0.3) is 0 Å². The van der Waals surface area contributed by atoms with Crippen LogP contribution in [-0.2, 0) is 0 Å². The van der Waals surface area contributed by atoms with Gasteiger partial charge in [0, 0.05) is 0 Å². The monoisotopic (exact) mass is 218 g/mol. The van der Waals surface area contributed by atoms with Crippen molar-refractivity contribution < 1.29 is 0 Å². The molecule has 0 aromatic carbocycles. The summed E-state index contributed by atoms with van der Waals surface area (Å²) in [5, 5.41) is 7.01. The van der Waals surface area contributed by atoms with Crippen LogP contribution in [0.15, 0.2) is 23.4 Å². The van der Waals surface area contributed by atoms with Gasteiger partial charge >= 0.3 is 0 Å². The number of hydrogen-bond acceptors (Lipinski definition) is 1. The molecule has 1 heterocycles. The molecule has 0 aliphatic rings. The highest BCUT2D eigenvalue weighted by Crippen LogP contribution is 2.20. The highest BCUT2D eigenvalue weighted by Gasteiger charge is 2.03. The van der Waals surface area contributed by atoms with Gasteiger partial charge in [0.15, 0.2) is 0 Å². The number of hydrogen-bond donors (Lipinski definition) is 1. The lowest BCUT2D eigenvalue weighted by Crippen LogP contribution is -1.94. The van der Waals surface area contributed by atoms with Crippen molar-refractivity contribution in [2.75, 3.05) is 0 Å². The van der Waals surface area contributed by atoms with Gasteiger partial charge < -0.3 is 0 Å². The smallest absolute Gasteiger partial charge is 0.0607 e. The topological polar surface area (TPSA) is 28.7 Å². The molecule has 0 unspecified atom stereocenters. The molecule has 0 bridgehead atoms. The molecule has 0 spiro atoms. The van der Waals surface area contributed by atoms with Crippen LogP contribution in [0.3, 0.4) is 0 Å². The third-order valence-electron chi connectivity index (χ3n) is 2.94. The Morgan fingerprint density at radius 2 is 2.19 bits per heavy atom. The van der Waals surface area contributed by atoms with E-state index >= 15 is 0 Å². The number of aryl methyl sites for hydroxylation is 1. The van der Waals surface area contributed by atoms with Gasteiger partial charge in [-0.2, -0.15) is 5.10 Å². The van der Waals surface area contributed by atoms with Crippen LogP contribution in [0, 0.1) is 12.8 Å². The van der Waals surface area contributed by atoms with Crippen molar-refractivity contribution >= 4 is 6.08 Å². The van der Waals surface area contributed by atoms with E-state index < -0.39 is 0 Å². The van der Waals surface area contributed by atoms with Crippen LogP contribution in [0.1, 0.15) is 45.4 Å². The van der Waals surface area contributed by atoms with Crippen molar-refractivity contribution in [3.63, 3.8) is 0 Å². The highest BCUT2D eigenvalue weighted by molar-refractivity contribution is 5.52. The number of H-pyrrole nitrogens is 1. The molecular weight excluding hydrogens is 196 g/mol. The van der Waals surface area contributed by atoms with Crippen molar-refractivity contribution in [2.45, 2.75) is 41.0 Å². The van der Waals surface area contributed by atoms with Crippen LogP contribution in [-0.4, -0.2) is 10.2 Å². The molecule has 88 valence electrons. The van der Waals surface area contributed by atoms with Crippen molar-refractivity contribution in [1.29, 1.82) is 0 Å². The maximum absolute atomic E-state index is 4.02. The average Bonchev–Trinajstić information content (AvgIpc) is 2.64. The molecule has 1 aromatic rings. The minimum atomic E-state index is 0.569. The molecule has 2 nitrogen and oxygen atoms in total. The van der Waals surface area contributed by atoms with E-state index in [9.17, 15) is 0 Å². The Balaban J connectivity index is 2.94. The molecule has 0 amide bonds. The van der Waals surface area contributed by atoms with E-state index in [0.29, 0.717) is 5.92 Å². The maximum atomic E-state index is 4.02. The minimum Gasteiger partial charge on any atom is -0.278 e. The SMILES string of the molecule is CC/C(C)=C(\C=C/c1[nH]ncc1C)C(C)C. The maximum Gasteiger partial charge on any atom is 0.0607 e. The van der Waals surface area contributed by atoms with E-state index in [-0.39, 0.29) is 0 Å². The van der Waals surface area contributed by atoms with Crippen molar-refractivity contribution in [3.8, 4) is 0 Å². The summed E-state index contributed by atoms with van der Waals surface area (Å²) in [5.74, 6) is 0.569. The van der Waals surface area contributed by atoms with E-state index in [1.807, 2.05) is 6.20 Å². The molecule has 2 heteroatoms. The van der Waals surface area contributed by atoms with Gasteiger partial charge in [-0.05, 0) is 43.4 Å². The van der Waals surface area contributed by atoms with Crippen molar-refractivity contribution in [2.24, 2.45) is 5.92 Å². The van der Waals surface area contributed by atoms with Crippen LogP contribution < -0.4 is 0 Å². The second-order valence-electron chi connectivity index (χ2n) is 4.54. The first-order chi connectivity index (χ1) is 7.56. The number of nitrogens with zero attached hydrogens (tertiary/aromatic N) is 1. The van der Waals surface area contributed by atoms with Crippen LogP contribution in [0.5, 0.6) is 0 Å². The first-order valence-electron chi connectivity index (χ1n) is 5.94. The van der Waals surface area contributed by atoms with Crippen molar-refractivity contribution in [1.82, 2.24) is 10.2 Å². The molecule has 0 aliphatic heterocycles. The number of rotatable bonds is 4. The molecular formula is C14H22N2. The molecule has 0 radical (unpaired) electrons. The third kappa shape index (κ3) is 3.09. The van der Waals surface area contributed by atoms with E-state index in [0.717, 1.165) is 12.1 Å². The van der Waals surface area contributed by atoms with Crippen LogP contribution in [0.25, 0.3) is 6.08 Å². The predicted molar refractivity (Wildman–Crippen MR) is 70.2 cm³/mol. The standard InChI is InChI=1S/C14H22N2/c1-6-11(4)13(10(2)3)7-8-14-12(5)9-15-16-14/h7-10H,6H2,1-5H3,(H,15,16)/b8-7-,13-11+. The summed E-state index contributed by atoms with van der Waals surface area (Å²) >= 11 is 0. The van der Waals surface area contributed by atoms with Gasteiger partial charge in [0.1, 0.15) is 0 Å². The summed E-state index contributed by atoms with van der Waals surface area (Å²) in [5.41, 5.74) is 5.18. The van der Waals surface area contributed by atoms with Gasteiger partial charge in [0.05, 0.1) is 11.9 Å². The quantitative estimate of drug-likeness (QED) is 0.757. The lowest BCUT2D eigenvalue weighted by Gasteiger charge is -2.10. The number of nitrogens with one attached hydrogen (secondary N) is 1. The van der Waals surface area contributed by atoms with E-state index in [4.69, 9.17) is 0 Å². The molecule has 0 saturated carbocycles. The molecule has 1 rings (SSSR count). The van der Waals surface area contributed by atoms with E-state index in [1.165, 1.54) is 16.7 Å². The second kappa shape index (κ2) is 5.69. The average molecular weight is 218 g/mol. The van der Waals surface area contributed by atoms with Gasteiger partial charge in [0.2, 0.25) is 0 Å². The fraction of sp³-hybridized carbons (Fsp3) is 0.500. The summed E-state index contributed by atoms with van der Waals surface area (Å²) in [6.45, 7) is 10.9. The van der Waals surface area contributed by atoms with Gasteiger partial charge in [-0.25, -0.2) is 0 Å². The highest BCUT2D eigenvalue weighted by atomic mass is 15.1. The zero-order valence-corrected chi connectivity index (χ0v) is 11.0. The molecule has 0 fully saturated rings. The Labute approximate surface area is 98.5 Å². The Morgan fingerprint density at radius 3 is 2.62 bits per heavy atom. The Morgan fingerprint density at radius 1 is 1.50 bits per heavy atom. The fourth-order valence-corrected chi connectivity index (χ4v) is 1.73. The summed E-state index contributed by atoms with van der Waals surface area (Å²) in [4.78, 5) is 0. The lowest BCUT2D eigenvalue weighted by molar-refractivity contribution is 0.772. The normalized spacial score (nSPS) is 13.6. The first kappa shape index (κ1) is 12.8. The Bertz CT molecular complexity index is 395. The minimum absolute atomic E-state index is 0.569. The predicted octanol–water partition coefficient (Wildman–Crippen LogP) is 4.11. The fourth-order valence-electron chi connectivity index (χ4n) is 1.73. The number of aromatic amines is 1. The van der Waals surface area contributed by atoms with Crippen LogP contribution in [0.4, 0.5) is 0 Å². The number of aromatic nitrogens is 2. The van der Waals surface area contributed by atoms with Gasteiger partial charge in [-0.15, -0.1) is 0 Å². The summed E-state index contributed by atoms with van der Waals surface area (Å²) in [6.07, 6.45) is 7.30. The largest absolute Gasteiger partial charge is 0.278 e. The Kier molecular flexibility index (Phi) is 4.53. The molecule has 1 N–H and O–H groups in total. The molecule has 16 heavy (non-hydrogen) atoms. The van der Waals surface area contributed by atoms with Gasteiger partial charge in [-0.1, -0.05) is 32.4 Å². The number of allylic oxidation sites excluding steroid dienone is 3. The summed E-state index contributed by atoms with van der Waals surface area (Å²) in [6, 6.07) is 0. The van der Waals surface area contributed by atoms with Gasteiger partial charge in [-0.3, -0.25) is 5.10 Å². The van der Waals surface area contributed by atoms with E-state index in [2.05, 4.69) is 57.0 Å². The molecule has 0 saturated heterocycles. The van der Waals surface area contributed by atoms with E-state index in [1.54, 1.807) is 0 Å². The van der Waals surface area contributed by atoms with Crippen LogP contribution in [0.2, 0.25) is 0 Å².